The van der Waals surface area contributed by atoms with Gasteiger partial charge in [0.2, 0.25) is 0 Å². The van der Waals surface area contributed by atoms with Crippen molar-refractivity contribution in [3.63, 3.8) is 0 Å². The van der Waals surface area contributed by atoms with Gasteiger partial charge >= 0.3 is 0 Å². The molecule has 2 aromatic carbocycles. The topological polar surface area (TPSA) is 34.1 Å². The minimum Gasteiger partial charge on any atom is -0.294 e. The van der Waals surface area contributed by atoms with Gasteiger partial charge < -0.3 is 0 Å². The van der Waals surface area contributed by atoms with Crippen molar-refractivity contribution in [1.82, 2.24) is 0 Å². The van der Waals surface area contributed by atoms with E-state index in [1.165, 1.54) is 12.2 Å². The van der Waals surface area contributed by atoms with Crippen LogP contribution in [0.3, 0.4) is 0 Å². The van der Waals surface area contributed by atoms with Crippen molar-refractivity contribution in [2.24, 2.45) is 0 Å². The molecule has 0 aliphatic carbocycles. The Bertz CT molecular complexity index is 701. The lowest BCUT2D eigenvalue weighted by Crippen LogP contribution is -2.01. The van der Waals surface area contributed by atoms with Crippen molar-refractivity contribution in [3.05, 3.63) is 82.9 Å². The molecule has 0 bridgehead atoms. The molecular formula is C21H20O2. The van der Waals surface area contributed by atoms with Crippen LogP contribution >= 0.6 is 0 Å². The smallest absolute Gasteiger partial charge is 0.163 e. The van der Waals surface area contributed by atoms with Crippen molar-refractivity contribution in [2.45, 2.75) is 20.3 Å². The van der Waals surface area contributed by atoms with E-state index in [1.807, 2.05) is 62.4 Å². The summed E-state index contributed by atoms with van der Waals surface area (Å²) in [6, 6.07) is 15.7. The monoisotopic (exact) mass is 304 g/mol. The quantitative estimate of drug-likeness (QED) is 0.579. The highest BCUT2D eigenvalue weighted by molar-refractivity contribution is 6.10. The fourth-order valence-corrected chi connectivity index (χ4v) is 2.22. The Morgan fingerprint density at radius 2 is 1.22 bits per heavy atom. The summed E-state index contributed by atoms with van der Waals surface area (Å²) in [5, 5.41) is 0. The Labute approximate surface area is 137 Å². The Hall–Kier alpha value is -2.74. The molecule has 23 heavy (non-hydrogen) atoms. The van der Waals surface area contributed by atoms with Crippen LogP contribution in [-0.2, 0) is 9.59 Å². The Balaban J connectivity index is 1.91. The molecule has 0 saturated carbocycles. The van der Waals surface area contributed by atoms with E-state index in [9.17, 15) is 9.59 Å². The molecule has 0 amide bonds. The van der Waals surface area contributed by atoms with Gasteiger partial charge in [-0.15, -0.1) is 0 Å². The normalized spacial score (nSPS) is 11.2. The molecule has 0 radical (unpaired) electrons. The van der Waals surface area contributed by atoms with Gasteiger partial charge in [-0.3, -0.25) is 9.59 Å². The number of carbonyl (C=O) groups excluding carboxylic acids is 2. The van der Waals surface area contributed by atoms with Gasteiger partial charge in [0.1, 0.15) is 0 Å². The van der Waals surface area contributed by atoms with Gasteiger partial charge in [0.25, 0.3) is 0 Å². The molecule has 2 heteroatoms. The summed E-state index contributed by atoms with van der Waals surface area (Å²) in [5.41, 5.74) is 4.19. The third kappa shape index (κ3) is 5.87. The molecule has 0 spiro atoms. The third-order valence-corrected chi connectivity index (χ3v) is 3.36. The zero-order valence-electron chi connectivity index (χ0n) is 13.5. The van der Waals surface area contributed by atoms with Gasteiger partial charge in [-0.25, -0.2) is 0 Å². The number of ketones is 2. The van der Waals surface area contributed by atoms with E-state index < -0.39 is 0 Å². The summed E-state index contributed by atoms with van der Waals surface area (Å²) < 4.78 is 0. The molecule has 0 fully saturated rings. The summed E-state index contributed by atoms with van der Waals surface area (Å²) >= 11 is 0. The van der Waals surface area contributed by atoms with Crippen molar-refractivity contribution in [3.8, 4) is 0 Å². The van der Waals surface area contributed by atoms with Gasteiger partial charge in [-0.2, -0.15) is 0 Å². The maximum atomic E-state index is 11.8. The average molecular weight is 304 g/mol. The van der Waals surface area contributed by atoms with Crippen LogP contribution in [0.4, 0.5) is 0 Å². The van der Waals surface area contributed by atoms with Crippen LogP contribution in [0.1, 0.15) is 28.7 Å². The number of allylic oxidation sites excluding steroid dienone is 2. The Morgan fingerprint density at radius 1 is 0.783 bits per heavy atom. The van der Waals surface area contributed by atoms with Crippen LogP contribution in [-0.4, -0.2) is 11.6 Å². The number of hydrogen-bond donors (Lipinski definition) is 0. The molecule has 0 aliphatic rings. The minimum absolute atomic E-state index is 0.107. The second kappa shape index (κ2) is 8.04. The summed E-state index contributed by atoms with van der Waals surface area (Å²) in [6.07, 6.45) is 6.31. The van der Waals surface area contributed by atoms with Crippen molar-refractivity contribution >= 4 is 23.7 Å². The van der Waals surface area contributed by atoms with Gasteiger partial charge in [0.05, 0.1) is 6.42 Å². The lowest BCUT2D eigenvalue weighted by molar-refractivity contribution is -0.121. The van der Waals surface area contributed by atoms with Crippen LogP contribution < -0.4 is 0 Å². The molecule has 0 aromatic heterocycles. The van der Waals surface area contributed by atoms with Crippen molar-refractivity contribution < 1.29 is 9.59 Å². The standard InChI is InChI=1S/C21H20O2/c1-16-5-3-7-18(13-16)9-11-20(22)15-21(23)12-10-19-8-4-6-17(2)14-19/h3-14H,15H2,1-2H3/b11-9+,12-10+. The van der Waals surface area contributed by atoms with E-state index in [0.29, 0.717) is 0 Å². The van der Waals surface area contributed by atoms with Crippen LogP contribution in [0.2, 0.25) is 0 Å². The summed E-state index contributed by atoms with van der Waals surface area (Å²) in [4.78, 5) is 23.7. The van der Waals surface area contributed by atoms with Crippen LogP contribution in [0.5, 0.6) is 0 Å². The zero-order chi connectivity index (χ0) is 16.7. The first-order chi connectivity index (χ1) is 11.0. The minimum atomic E-state index is -0.189. The van der Waals surface area contributed by atoms with E-state index >= 15 is 0 Å². The highest BCUT2D eigenvalue weighted by Gasteiger charge is 2.03. The maximum Gasteiger partial charge on any atom is 0.163 e. The highest BCUT2D eigenvalue weighted by Crippen LogP contribution is 2.08. The van der Waals surface area contributed by atoms with E-state index in [4.69, 9.17) is 0 Å². The number of benzene rings is 2. The summed E-state index contributed by atoms with van der Waals surface area (Å²) in [7, 11) is 0. The van der Waals surface area contributed by atoms with Crippen LogP contribution in [0.25, 0.3) is 12.2 Å². The molecule has 0 unspecified atom stereocenters. The van der Waals surface area contributed by atoms with Crippen molar-refractivity contribution in [2.75, 3.05) is 0 Å². The lowest BCUT2D eigenvalue weighted by Gasteiger charge is -1.96. The highest BCUT2D eigenvalue weighted by atomic mass is 16.1. The number of aryl methyl sites for hydroxylation is 2. The average Bonchev–Trinajstić information content (AvgIpc) is 2.51. The van der Waals surface area contributed by atoms with Gasteiger partial charge in [0, 0.05) is 0 Å². The molecule has 2 aromatic rings. The Kier molecular flexibility index (Phi) is 5.81. The van der Waals surface area contributed by atoms with Crippen LogP contribution in [0.15, 0.2) is 60.7 Å². The molecular weight excluding hydrogens is 284 g/mol. The van der Waals surface area contributed by atoms with E-state index in [0.717, 1.165) is 22.3 Å². The molecule has 0 N–H and O–H groups in total. The molecule has 0 atom stereocenters. The lowest BCUT2D eigenvalue weighted by atomic mass is 10.1. The molecule has 0 saturated heterocycles. The second-order valence-electron chi connectivity index (χ2n) is 5.60. The first kappa shape index (κ1) is 16.6. The molecule has 0 heterocycles. The maximum absolute atomic E-state index is 11.8. The first-order valence-corrected chi connectivity index (χ1v) is 7.58. The fraction of sp³-hybridized carbons (Fsp3) is 0.143. The van der Waals surface area contributed by atoms with Gasteiger partial charge in [-0.1, -0.05) is 71.8 Å². The number of hydrogen-bond acceptors (Lipinski definition) is 2. The predicted octanol–water partition coefficient (Wildman–Crippen LogP) is 4.56. The summed E-state index contributed by atoms with van der Waals surface area (Å²) in [5.74, 6) is -0.379. The Morgan fingerprint density at radius 3 is 1.61 bits per heavy atom. The van der Waals surface area contributed by atoms with Crippen LogP contribution in [0, 0.1) is 13.8 Å². The first-order valence-electron chi connectivity index (χ1n) is 7.58. The third-order valence-electron chi connectivity index (χ3n) is 3.36. The molecule has 0 aliphatic heterocycles. The van der Waals surface area contributed by atoms with E-state index in [-0.39, 0.29) is 18.0 Å². The number of rotatable bonds is 6. The second-order valence-corrected chi connectivity index (χ2v) is 5.60. The molecule has 2 nitrogen and oxygen atoms in total. The fourth-order valence-electron chi connectivity index (χ4n) is 2.22. The van der Waals surface area contributed by atoms with E-state index in [1.54, 1.807) is 12.2 Å². The molecule has 116 valence electrons. The predicted molar refractivity (Wildman–Crippen MR) is 95.1 cm³/mol. The van der Waals surface area contributed by atoms with Gasteiger partial charge in [0.15, 0.2) is 11.6 Å². The summed E-state index contributed by atoms with van der Waals surface area (Å²) in [6.45, 7) is 4.00. The van der Waals surface area contributed by atoms with E-state index in [2.05, 4.69) is 0 Å². The number of carbonyl (C=O) groups is 2. The van der Waals surface area contributed by atoms with Gasteiger partial charge in [-0.05, 0) is 37.1 Å². The SMILES string of the molecule is Cc1cccc(/C=C/C(=O)CC(=O)/C=C/c2cccc(C)c2)c1. The van der Waals surface area contributed by atoms with Crippen molar-refractivity contribution in [1.29, 1.82) is 0 Å². The zero-order valence-corrected chi connectivity index (χ0v) is 13.5. The molecule has 2 rings (SSSR count). The largest absolute Gasteiger partial charge is 0.294 e.